The molecule has 5 nitrogen and oxygen atoms in total. The van der Waals surface area contributed by atoms with Crippen molar-refractivity contribution in [2.75, 3.05) is 26.4 Å². The Morgan fingerprint density at radius 2 is 2.28 bits per heavy atom. The van der Waals surface area contributed by atoms with Gasteiger partial charge in [0.25, 0.3) is 0 Å². The maximum absolute atomic E-state index is 12.9. The van der Waals surface area contributed by atoms with Gasteiger partial charge < -0.3 is 19.5 Å². The minimum atomic E-state index is -0.312. The number of amides is 1. The first-order valence-corrected chi connectivity index (χ1v) is 9.46. The van der Waals surface area contributed by atoms with E-state index in [0.29, 0.717) is 32.8 Å². The minimum absolute atomic E-state index is 0.00160. The first kappa shape index (κ1) is 18.2. The Morgan fingerprint density at radius 1 is 1.40 bits per heavy atom. The van der Waals surface area contributed by atoms with Gasteiger partial charge in [-0.3, -0.25) is 4.79 Å². The number of carbonyl (C=O) groups is 1. The second-order valence-electron chi connectivity index (χ2n) is 7.06. The molecule has 3 atom stereocenters. The zero-order chi connectivity index (χ0) is 17.6. The summed E-state index contributed by atoms with van der Waals surface area (Å²) in [5.74, 6) is 1.07. The Kier molecular flexibility index (Phi) is 6.32. The van der Waals surface area contributed by atoms with Gasteiger partial charge in [-0.25, -0.2) is 0 Å². The number of aliphatic hydroxyl groups is 1. The Hall–Kier alpha value is -1.59. The molecule has 2 aliphatic rings. The van der Waals surface area contributed by atoms with Crippen LogP contribution in [0.5, 0.6) is 5.75 Å². The van der Waals surface area contributed by atoms with Gasteiger partial charge >= 0.3 is 0 Å². The van der Waals surface area contributed by atoms with Crippen LogP contribution in [0.25, 0.3) is 0 Å². The summed E-state index contributed by atoms with van der Waals surface area (Å²) in [5.41, 5.74) is 0.968. The van der Waals surface area contributed by atoms with Gasteiger partial charge in [-0.1, -0.05) is 25.5 Å². The summed E-state index contributed by atoms with van der Waals surface area (Å²) in [6.45, 7) is 4.47. The van der Waals surface area contributed by atoms with E-state index in [1.54, 1.807) is 0 Å². The topological polar surface area (TPSA) is 59.0 Å². The van der Waals surface area contributed by atoms with Crippen LogP contribution in [0.3, 0.4) is 0 Å². The molecule has 1 N–H and O–H groups in total. The van der Waals surface area contributed by atoms with Crippen molar-refractivity contribution in [3.63, 3.8) is 0 Å². The lowest BCUT2D eigenvalue weighted by Gasteiger charge is -2.40. The van der Waals surface area contributed by atoms with E-state index in [0.717, 1.165) is 37.0 Å². The van der Waals surface area contributed by atoms with Gasteiger partial charge in [-0.2, -0.15) is 0 Å². The molecule has 1 saturated carbocycles. The number of morpholine rings is 1. The van der Waals surface area contributed by atoms with Gasteiger partial charge in [-0.15, -0.1) is 0 Å². The van der Waals surface area contributed by atoms with E-state index in [9.17, 15) is 9.90 Å². The lowest BCUT2D eigenvalue weighted by atomic mass is 9.93. The van der Waals surface area contributed by atoms with Crippen LogP contribution in [0.15, 0.2) is 24.3 Å². The Balaban J connectivity index is 1.66. The van der Waals surface area contributed by atoms with E-state index in [1.807, 2.05) is 29.2 Å². The molecule has 0 spiro atoms. The number of carbonyl (C=O) groups excluding carboxylic acids is 1. The van der Waals surface area contributed by atoms with Crippen molar-refractivity contribution in [3.05, 3.63) is 29.8 Å². The highest BCUT2D eigenvalue weighted by molar-refractivity contribution is 5.79. The number of hydrogen-bond donors (Lipinski definition) is 1. The number of rotatable bonds is 6. The average Bonchev–Trinajstić information content (AvgIpc) is 3.06. The van der Waals surface area contributed by atoms with Crippen LogP contribution >= 0.6 is 0 Å². The van der Waals surface area contributed by atoms with Crippen LogP contribution in [0.4, 0.5) is 0 Å². The monoisotopic (exact) mass is 347 g/mol. The first-order chi connectivity index (χ1) is 12.2. The quantitative estimate of drug-likeness (QED) is 0.858. The molecule has 1 heterocycles. The highest BCUT2D eigenvalue weighted by Crippen LogP contribution is 2.32. The van der Waals surface area contributed by atoms with E-state index in [1.165, 1.54) is 0 Å². The van der Waals surface area contributed by atoms with Crippen LogP contribution in [-0.4, -0.2) is 54.4 Å². The van der Waals surface area contributed by atoms with E-state index < -0.39 is 0 Å². The number of hydrogen-bond acceptors (Lipinski definition) is 4. The molecule has 1 aromatic rings. The average molecular weight is 347 g/mol. The summed E-state index contributed by atoms with van der Waals surface area (Å²) in [5, 5.41) is 10.2. The zero-order valence-corrected chi connectivity index (χ0v) is 15.0. The fourth-order valence-electron chi connectivity index (χ4n) is 3.95. The standard InChI is InChI=1S/C20H29NO4/c1-2-10-25-16-6-3-5-15(12-16)13-20(23)21-9-11-24-14-18(21)17-7-4-8-19(17)22/h3,5-6,12,17-19,22H,2,4,7-11,13-14H2,1H3/t17-,18-,19-/m1/s1. The molecular weight excluding hydrogens is 318 g/mol. The van der Waals surface area contributed by atoms with Gasteiger partial charge in [0.1, 0.15) is 5.75 Å². The molecule has 1 amide bonds. The number of aliphatic hydroxyl groups excluding tert-OH is 1. The van der Waals surface area contributed by atoms with Gasteiger partial charge in [0.2, 0.25) is 5.91 Å². The highest BCUT2D eigenvalue weighted by Gasteiger charge is 2.39. The number of benzene rings is 1. The molecule has 0 unspecified atom stereocenters. The van der Waals surface area contributed by atoms with E-state index in [-0.39, 0.29) is 24.0 Å². The SMILES string of the molecule is CCCOc1cccc(CC(=O)N2CCOC[C@@H]2[C@H]2CCC[C@H]2O)c1. The summed E-state index contributed by atoms with van der Waals surface area (Å²) in [6.07, 6.45) is 3.85. The fraction of sp³-hybridized carbons (Fsp3) is 0.650. The van der Waals surface area contributed by atoms with Crippen LogP contribution in [0.2, 0.25) is 0 Å². The van der Waals surface area contributed by atoms with Gasteiger partial charge in [0.15, 0.2) is 0 Å². The van der Waals surface area contributed by atoms with Crippen LogP contribution in [0.1, 0.15) is 38.2 Å². The third-order valence-corrected chi connectivity index (χ3v) is 5.24. The van der Waals surface area contributed by atoms with E-state index in [2.05, 4.69) is 6.92 Å². The highest BCUT2D eigenvalue weighted by atomic mass is 16.5. The molecule has 138 valence electrons. The van der Waals surface area contributed by atoms with Gasteiger partial charge in [0, 0.05) is 12.5 Å². The van der Waals surface area contributed by atoms with E-state index in [4.69, 9.17) is 9.47 Å². The fourth-order valence-corrected chi connectivity index (χ4v) is 3.95. The van der Waals surface area contributed by atoms with Crippen molar-refractivity contribution in [3.8, 4) is 5.75 Å². The van der Waals surface area contributed by atoms with Gasteiger partial charge in [-0.05, 0) is 37.0 Å². The lowest BCUT2D eigenvalue weighted by molar-refractivity contribution is -0.143. The molecule has 0 bridgehead atoms. The summed E-state index contributed by atoms with van der Waals surface area (Å²) in [6, 6.07) is 7.78. The van der Waals surface area contributed by atoms with E-state index >= 15 is 0 Å². The lowest BCUT2D eigenvalue weighted by Crippen LogP contribution is -2.54. The summed E-state index contributed by atoms with van der Waals surface area (Å²) < 4.78 is 11.3. The Morgan fingerprint density at radius 3 is 3.04 bits per heavy atom. The number of nitrogens with zero attached hydrogens (tertiary/aromatic N) is 1. The summed E-state index contributed by atoms with van der Waals surface area (Å²) >= 11 is 0. The first-order valence-electron chi connectivity index (χ1n) is 9.46. The second-order valence-corrected chi connectivity index (χ2v) is 7.06. The molecular formula is C20H29NO4. The Labute approximate surface area is 149 Å². The maximum Gasteiger partial charge on any atom is 0.227 e. The smallest absolute Gasteiger partial charge is 0.227 e. The molecule has 3 rings (SSSR count). The molecule has 25 heavy (non-hydrogen) atoms. The van der Waals surface area contributed by atoms with Crippen molar-refractivity contribution < 1.29 is 19.4 Å². The normalized spacial score (nSPS) is 26.6. The van der Waals surface area contributed by atoms with Crippen molar-refractivity contribution in [2.45, 2.75) is 51.2 Å². The van der Waals surface area contributed by atoms with Crippen molar-refractivity contribution in [1.29, 1.82) is 0 Å². The number of ether oxygens (including phenoxy) is 2. The van der Waals surface area contributed by atoms with Crippen LogP contribution in [0, 0.1) is 5.92 Å². The Bertz CT molecular complexity index is 577. The molecule has 0 radical (unpaired) electrons. The molecule has 1 saturated heterocycles. The van der Waals surface area contributed by atoms with Crippen molar-refractivity contribution in [1.82, 2.24) is 4.90 Å². The minimum Gasteiger partial charge on any atom is -0.494 e. The largest absolute Gasteiger partial charge is 0.494 e. The van der Waals surface area contributed by atoms with Crippen LogP contribution < -0.4 is 4.74 Å². The predicted molar refractivity (Wildman–Crippen MR) is 95.6 cm³/mol. The van der Waals surface area contributed by atoms with Gasteiger partial charge in [0.05, 0.1) is 38.4 Å². The molecule has 1 aliphatic carbocycles. The summed E-state index contributed by atoms with van der Waals surface area (Å²) in [7, 11) is 0. The van der Waals surface area contributed by atoms with Crippen molar-refractivity contribution in [2.24, 2.45) is 5.92 Å². The third kappa shape index (κ3) is 4.53. The van der Waals surface area contributed by atoms with Crippen LogP contribution in [-0.2, 0) is 16.0 Å². The molecule has 0 aromatic heterocycles. The molecule has 5 heteroatoms. The maximum atomic E-state index is 12.9. The van der Waals surface area contributed by atoms with Crippen molar-refractivity contribution >= 4 is 5.91 Å². The second kappa shape index (κ2) is 8.68. The molecule has 2 fully saturated rings. The molecule has 1 aliphatic heterocycles. The predicted octanol–water partition coefficient (Wildman–Crippen LogP) is 2.41. The zero-order valence-electron chi connectivity index (χ0n) is 15.0. The summed E-state index contributed by atoms with van der Waals surface area (Å²) in [4.78, 5) is 14.8. The third-order valence-electron chi connectivity index (χ3n) is 5.24. The molecule has 1 aromatic carbocycles.